The number of hydrogen-bond donors (Lipinski definition) is 1. The van der Waals surface area contributed by atoms with Crippen LogP contribution >= 0.6 is 11.6 Å². The van der Waals surface area contributed by atoms with Gasteiger partial charge in [-0.15, -0.1) is 0 Å². The number of nitrogens with zero attached hydrogens (tertiary/aromatic N) is 6. The lowest BCUT2D eigenvalue weighted by Gasteiger charge is -2.34. The Balaban J connectivity index is 1.72. The van der Waals surface area contributed by atoms with Crippen LogP contribution < -0.4 is 10.2 Å². The molecule has 1 N–H and O–H groups in total. The first-order valence-electron chi connectivity index (χ1n) is 12.1. The van der Waals surface area contributed by atoms with Crippen LogP contribution in [0.1, 0.15) is 33.5 Å². The van der Waals surface area contributed by atoms with Gasteiger partial charge in [-0.25, -0.2) is 19.7 Å². The second-order valence-corrected chi connectivity index (χ2v) is 10.1. The van der Waals surface area contributed by atoms with Gasteiger partial charge in [-0.2, -0.15) is 0 Å². The number of imidazole rings is 1. The molecule has 3 heterocycles. The van der Waals surface area contributed by atoms with Gasteiger partial charge in [0.2, 0.25) is 0 Å². The number of benzene rings is 1. The normalized spacial score (nSPS) is 15.0. The zero-order valence-corrected chi connectivity index (χ0v) is 21.9. The third-order valence-electron chi connectivity index (χ3n) is 5.93. The highest BCUT2D eigenvalue weighted by molar-refractivity contribution is 6.33. The predicted molar refractivity (Wildman–Crippen MR) is 139 cm³/mol. The van der Waals surface area contributed by atoms with Crippen LogP contribution in [0.4, 0.5) is 10.6 Å². The van der Waals surface area contributed by atoms with Gasteiger partial charge < -0.3 is 24.4 Å². The molecule has 0 atom stereocenters. The molecule has 1 saturated heterocycles. The highest BCUT2D eigenvalue weighted by Gasteiger charge is 2.25. The van der Waals surface area contributed by atoms with E-state index >= 15 is 0 Å². The minimum absolute atomic E-state index is 0.353. The molecule has 35 heavy (non-hydrogen) atoms. The molecule has 10 heteroatoms. The Morgan fingerprint density at radius 3 is 2.49 bits per heavy atom. The Kier molecular flexibility index (Phi) is 7.47. The van der Waals surface area contributed by atoms with E-state index in [1.807, 2.05) is 56.5 Å². The molecule has 0 spiro atoms. The summed E-state index contributed by atoms with van der Waals surface area (Å²) >= 11 is 6.57. The van der Waals surface area contributed by atoms with Crippen LogP contribution in [0.25, 0.3) is 22.6 Å². The lowest BCUT2D eigenvalue weighted by Crippen LogP contribution is -2.46. The average molecular weight is 500 g/mol. The van der Waals surface area contributed by atoms with E-state index in [2.05, 4.69) is 22.0 Å². The fourth-order valence-electron chi connectivity index (χ4n) is 4.23. The summed E-state index contributed by atoms with van der Waals surface area (Å²) in [5.41, 5.74) is 1.72. The largest absolute Gasteiger partial charge is 0.444 e. The van der Waals surface area contributed by atoms with Gasteiger partial charge >= 0.3 is 6.09 Å². The van der Waals surface area contributed by atoms with E-state index < -0.39 is 11.7 Å². The molecule has 1 aliphatic heterocycles. The summed E-state index contributed by atoms with van der Waals surface area (Å²) < 4.78 is 7.39. The number of hydrogen-bond acceptors (Lipinski definition) is 7. The minimum atomic E-state index is -0.560. The van der Waals surface area contributed by atoms with Crippen molar-refractivity contribution < 1.29 is 9.53 Å². The van der Waals surface area contributed by atoms with Crippen molar-refractivity contribution in [1.82, 2.24) is 29.7 Å². The van der Waals surface area contributed by atoms with E-state index in [0.717, 1.165) is 55.3 Å². The number of nitrogens with one attached hydrogen (secondary N) is 1. The first-order chi connectivity index (χ1) is 16.7. The van der Waals surface area contributed by atoms with Crippen molar-refractivity contribution >= 4 is 34.7 Å². The third-order valence-corrected chi connectivity index (χ3v) is 6.26. The molecule has 1 amide bonds. The topological polar surface area (TPSA) is 88.4 Å². The fraction of sp³-hybridized carbons (Fsp3) is 0.520. The Hall–Kier alpha value is -2.91. The molecule has 0 aliphatic carbocycles. The number of amides is 1. The molecule has 0 bridgehead atoms. The van der Waals surface area contributed by atoms with Gasteiger partial charge in [0.25, 0.3) is 0 Å². The average Bonchev–Trinajstić information content (AvgIpc) is 3.16. The molecule has 3 aromatic rings. The number of alkyl carbamates (subject to hydrolysis) is 1. The van der Waals surface area contributed by atoms with Crippen molar-refractivity contribution in [2.24, 2.45) is 0 Å². The van der Waals surface area contributed by atoms with E-state index in [1.165, 1.54) is 0 Å². The summed E-state index contributed by atoms with van der Waals surface area (Å²) in [4.78, 5) is 31.5. The molecule has 1 aromatic carbocycles. The maximum atomic E-state index is 12.2. The number of likely N-dealkylation sites (N-methyl/N-ethyl adjacent to an activating group) is 1. The zero-order chi connectivity index (χ0) is 25.2. The molecule has 9 nitrogen and oxygen atoms in total. The molecule has 2 aromatic heterocycles. The van der Waals surface area contributed by atoms with Gasteiger partial charge in [-0.05, 0) is 46.4 Å². The number of aromatic nitrogens is 4. The lowest BCUT2D eigenvalue weighted by molar-refractivity contribution is 0.0526. The summed E-state index contributed by atoms with van der Waals surface area (Å²) in [6.45, 7) is 15.2. The Bertz CT molecular complexity index is 1200. The van der Waals surface area contributed by atoms with Crippen LogP contribution in [-0.2, 0) is 11.3 Å². The van der Waals surface area contributed by atoms with Crippen molar-refractivity contribution in [1.29, 1.82) is 0 Å². The zero-order valence-electron chi connectivity index (χ0n) is 21.1. The van der Waals surface area contributed by atoms with Crippen LogP contribution in [0, 0.1) is 6.92 Å². The van der Waals surface area contributed by atoms with Crippen molar-refractivity contribution in [2.75, 3.05) is 44.2 Å². The van der Waals surface area contributed by atoms with Gasteiger partial charge in [0.15, 0.2) is 17.0 Å². The molecule has 0 unspecified atom stereocenters. The molecule has 4 rings (SSSR count). The molecule has 0 saturated carbocycles. The summed E-state index contributed by atoms with van der Waals surface area (Å²) in [5, 5.41) is 3.44. The number of carbonyl (C=O) groups excluding carboxylic acids is 1. The van der Waals surface area contributed by atoms with Crippen LogP contribution in [0.15, 0.2) is 24.3 Å². The Labute approximate surface area is 211 Å². The van der Waals surface area contributed by atoms with Gasteiger partial charge in [0, 0.05) is 44.8 Å². The highest BCUT2D eigenvalue weighted by atomic mass is 35.5. The Morgan fingerprint density at radius 2 is 1.83 bits per heavy atom. The maximum absolute atomic E-state index is 12.2. The van der Waals surface area contributed by atoms with E-state index in [0.29, 0.717) is 29.8 Å². The number of rotatable bonds is 6. The van der Waals surface area contributed by atoms with Crippen molar-refractivity contribution in [2.45, 2.75) is 46.8 Å². The van der Waals surface area contributed by atoms with E-state index in [1.54, 1.807) is 0 Å². The number of halogens is 1. The fourth-order valence-corrected chi connectivity index (χ4v) is 4.45. The first-order valence-corrected chi connectivity index (χ1v) is 12.5. The van der Waals surface area contributed by atoms with E-state index in [4.69, 9.17) is 31.3 Å². The quantitative estimate of drug-likeness (QED) is 0.545. The predicted octanol–water partition coefficient (Wildman–Crippen LogP) is 4.12. The van der Waals surface area contributed by atoms with Crippen molar-refractivity contribution in [3.8, 4) is 11.4 Å². The molecular formula is C25H34ClN7O2. The number of aryl methyl sites for hydroxylation is 1. The number of anilines is 1. The molecule has 0 radical (unpaired) electrons. The van der Waals surface area contributed by atoms with Gasteiger partial charge in [-0.1, -0.05) is 30.7 Å². The summed E-state index contributed by atoms with van der Waals surface area (Å²) in [6, 6.07) is 7.62. The minimum Gasteiger partial charge on any atom is -0.444 e. The van der Waals surface area contributed by atoms with Gasteiger partial charge in [-0.3, -0.25) is 0 Å². The first kappa shape index (κ1) is 25.2. The lowest BCUT2D eigenvalue weighted by atomic mass is 10.2. The maximum Gasteiger partial charge on any atom is 0.407 e. The molecule has 188 valence electrons. The number of piperazine rings is 1. The monoisotopic (exact) mass is 499 g/mol. The summed E-state index contributed by atoms with van der Waals surface area (Å²) in [7, 11) is 0. The van der Waals surface area contributed by atoms with Gasteiger partial charge in [0.05, 0.1) is 5.02 Å². The van der Waals surface area contributed by atoms with Gasteiger partial charge in [0.1, 0.15) is 17.2 Å². The standard InChI is InChI=1S/C25H34ClN7O2/c1-6-31-13-15-32(16-14-31)22-20-23(29-17(2)28-22)33(12-11-27-24(34)35-25(3,4)5)21(30-20)18-9-7-8-10-19(18)26/h7-10H,6,11-16H2,1-5H3,(H,27,34). The van der Waals surface area contributed by atoms with Crippen molar-refractivity contribution in [3.05, 3.63) is 35.1 Å². The summed E-state index contributed by atoms with van der Waals surface area (Å²) in [5.74, 6) is 2.22. The van der Waals surface area contributed by atoms with Crippen LogP contribution in [0.3, 0.4) is 0 Å². The van der Waals surface area contributed by atoms with Crippen molar-refractivity contribution in [3.63, 3.8) is 0 Å². The second kappa shape index (κ2) is 10.4. The Morgan fingerprint density at radius 1 is 1.11 bits per heavy atom. The smallest absolute Gasteiger partial charge is 0.407 e. The van der Waals surface area contributed by atoms with Crippen LogP contribution in [0.2, 0.25) is 5.02 Å². The third kappa shape index (κ3) is 5.85. The number of fused-ring (bicyclic) bond motifs is 1. The number of carbonyl (C=O) groups is 1. The van der Waals surface area contributed by atoms with Crippen LogP contribution in [0.5, 0.6) is 0 Å². The molecule has 1 aliphatic rings. The van der Waals surface area contributed by atoms with E-state index in [9.17, 15) is 4.79 Å². The summed E-state index contributed by atoms with van der Waals surface area (Å²) in [6.07, 6.45) is -0.457. The number of ether oxygens (including phenoxy) is 1. The molecule has 1 fully saturated rings. The second-order valence-electron chi connectivity index (χ2n) is 9.68. The highest BCUT2D eigenvalue weighted by Crippen LogP contribution is 2.33. The molecular weight excluding hydrogens is 466 g/mol. The van der Waals surface area contributed by atoms with E-state index in [-0.39, 0.29) is 0 Å². The SMILES string of the molecule is CCN1CCN(c2nc(C)nc3c2nc(-c2ccccc2Cl)n3CCNC(=O)OC(C)(C)C)CC1. The van der Waals surface area contributed by atoms with Crippen LogP contribution in [-0.4, -0.2) is 75.4 Å².